The first kappa shape index (κ1) is 11.1. The molecule has 0 saturated heterocycles. The number of hydrogen-bond donors (Lipinski definition) is 0. The lowest BCUT2D eigenvalue weighted by molar-refractivity contribution is 0.139. The van der Waals surface area contributed by atoms with Crippen molar-refractivity contribution in [3.8, 4) is 0 Å². The molecule has 0 radical (unpaired) electrons. The lowest BCUT2D eigenvalue weighted by atomic mass is 9.68. The van der Waals surface area contributed by atoms with Gasteiger partial charge in [0.2, 0.25) is 0 Å². The van der Waals surface area contributed by atoms with Gasteiger partial charge in [-0.2, -0.15) is 0 Å². The average Bonchev–Trinajstić information content (AvgIpc) is 2.04. The third kappa shape index (κ3) is 3.32. The molecule has 0 aliphatic heterocycles. The molecule has 0 bridgehead atoms. The van der Waals surface area contributed by atoms with E-state index in [-0.39, 0.29) is 0 Å². The average molecular weight is 182 g/mol. The fraction of sp³-hybridized carbons (Fsp3) is 1.00. The molecule has 0 nitrogen and oxygen atoms in total. The minimum Gasteiger partial charge on any atom is -0.0654 e. The van der Waals surface area contributed by atoms with Crippen LogP contribution in [0, 0.1) is 11.3 Å². The Morgan fingerprint density at radius 1 is 1.23 bits per heavy atom. The minimum atomic E-state index is 0.701. The zero-order chi connectivity index (χ0) is 9.73. The highest BCUT2D eigenvalue weighted by Crippen LogP contribution is 2.43. The van der Waals surface area contributed by atoms with Gasteiger partial charge in [-0.15, -0.1) is 0 Å². The molecule has 1 aliphatic rings. The van der Waals surface area contributed by atoms with E-state index in [1.54, 1.807) is 0 Å². The van der Waals surface area contributed by atoms with Gasteiger partial charge in [0.25, 0.3) is 0 Å². The van der Waals surface area contributed by atoms with Crippen LogP contribution < -0.4 is 0 Å². The Kier molecular flexibility index (Phi) is 4.28. The van der Waals surface area contributed by atoms with Crippen LogP contribution in [-0.2, 0) is 0 Å². The van der Waals surface area contributed by atoms with E-state index < -0.39 is 0 Å². The second-order valence-electron chi connectivity index (χ2n) is 5.31. The van der Waals surface area contributed by atoms with Crippen molar-refractivity contribution in [3.63, 3.8) is 0 Å². The van der Waals surface area contributed by atoms with Crippen LogP contribution in [0.4, 0.5) is 0 Å². The topological polar surface area (TPSA) is 0 Å². The van der Waals surface area contributed by atoms with Crippen LogP contribution in [0.5, 0.6) is 0 Å². The van der Waals surface area contributed by atoms with Gasteiger partial charge < -0.3 is 0 Å². The summed E-state index contributed by atoms with van der Waals surface area (Å²) in [4.78, 5) is 0. The summed E-state index contributed by atoms with van der Waals surface area (Å²) in [6.45, 7) is 7.17. The van der Waals surface area contributed by atoms with Crippen molar-refractivity contribution in [2.24, 2.45) is 11.3 Å². The maximum absolute atomic E-state index is 2.51. The maximum atomic E-state index is 2.51. The number of hydrogen-bond acceptors (Lipinski definition) is 0. The van der Waals surface area contributed by atoms with Gasteiger partial charge in [-0.3, -0.25) is 0 Å². The van der Waals surface area contributed by atoms with Gasteiger partial charge in [0, 0.05) is 0 Å². The zero-order valence-corrected chi connectivity index (χ0v) is 9.73. The second-order valence-corrected chi connectivity index (χ2v) is 5.31. The summed E-state index contributed by atoms with van der Waals surface area (Å²) >= 11 is 0. The minimum absolute atomic E-state index is 0.701. The molecule has 0 N–H and O–H groups in total. The molecule has 78 valence electrons. The van der Waals surface area contributed by atoms with Crippen LogP contribution in [0.1, 0.15) is 72.1 Å². The van der Waals surface area contributed by atoms with Gasteiger partial charge in [0.05, 0.1) is 0 Å². The molecule has 0 aromatic rings. The molecule has 0 spiro atoms. The van der Waals surface area contributed by atoms with Crippen LogP contribution >= 0.6 is 0 Å². The van der Waals surface area contributed by atoms with Gasteiger partial charge in [0.1, 0.15) is 0 Å². The first-order valence-electron chi connectivity index (χ1n) is 6.20. The second kappa shape index (κ2) is 5.02. The fourth-order valence-electron chi connectivity index (χ4n) is 3.20. The highest BCUT2D eigenvalue weighted by atomic mass is 14.4. The molecule has 1 rings (SSSR count). The Balaban J connectivity index is 2.39. The van der Waals surface area contributed by atoms with Crippen molar-refractivity contribution in [1.82, 2.24) is 0 Å². The van der Waals surface area contributed by atoms with E-state index in [4.69, 9.17) is 0 Å². The maximum Gasteiger partial charge on any atom is -0.0323 e. The molecule has 0 heterocycles. The van der Waals surface area contributed by atoms with Crippen LogP contribution in [0.25, 0.3) is 0 Å². The van der Waals surface area contributed by atoms with Gasteiger partial charge in [-0.05, 0) is 30.6 Å². The summed E-state index contributed by atoms with van der Waals surface area (Å²) < 4.78 is 0. The monoisotopic (exact) mass is 182 g/mol. The predicted molar refractivity (Wildman–Crippen MR) is 59.9 cm³/mol. The lowest BCUT2D eigenvalue weighted by Crippen LogP contribution is -2.25. The Hall–Kier alpha value is 0. The largest absolute Gasteiger partial charge is 0.0654 e. The Morgan fingerprint density at radius 2 is 2.00 bits per heavy atom. The summed E-state index contributed by atoms with van der Waals surface area (Å²) in [5.74, 6) is 1.05. The van der Waals surface area contributed by atoms with Crippen LogP contribution in [0.2, 0.25) is 0 Å². The molecular weight excluding hydrogens is 156 g/mol. The molecule has 1 aliphatic carbocycles. The van der Waals surface area contributed by atoms with Crippen LogP contribution in [0.15, 0.2) is 0 Å². The Labute approximate surface area is 84.1 Å². The molecule has 2 unspecified atom stereocenters. The third-order valence-corrected chi connectivity index (χ3v) is 3.72. The summed E-state index contributed by atoms with van der Waals surface area (Å²) in [6, 6.07) is 0. The van der Waals surface area contributed by atoms with Crippen LogP contribution in [-0.4, -0.2) is 0 Å². The van der Waals surface area contributed by atoms with Crippen molar-refractivity contribution in [1.29, 1.82) is 0 Å². The summed E-state index contributed by atoms with van der Waals surface area (Å²) in [6.07, 6.45) is 11.7. The van der Waals surface area contributed by atoms with Gasteiger partial charge in [-0.25, -0.2) is 0 Å². The van der Waals surface area contributed by atoms with Crippen molar-refractivity contribution in [3.05, 3.63) is 0 Å². The lowest BCUT2D eigenvalue weighted by Gasteiger charge is -2.38. The molecular formula is C13H26. The molecule has 0 amide bonds. The SMILES string of the molecule is CCCC1CCCC(C)(CCC)C1. The summed E-state index contributed by atoms with van der Waals surface area (Å²) in [5.41, 5.74) is 0.701. The van der Waals surface area contributed by atoms with Crippen molar-refractivity contribution < 1.29 is 0 Å². The van der Waals surface area contributed by atoms with E-state index in [1.165, 1.54) is 51.4 Å². The van der Waals surface area contributed by atoms with Gasteiger partial charge in [-0.1, -0.05) is 52.9 Å². The van der Waals surface area contributed by atoms with E-state index >= 15 is 0 Å². The first-order chi connectivity index (χ1) is 6.20. The highest BCUT2D eigenvalue weighted by molar-refractivity contribution is 4.82. The molecule has 1 saturated carbocycles. The van der Waals surface area contributed by atoms with Crippen molar-refractivity contribution >= 4 is 0 Å². The molecule has 2 atom stereocenters. The van der Waals surface area contributed by atoms with E-state index in [0.29, 0.717) is 5.41 Å². The standard InChI is InChI=1S/C13H26/c1-4-7-12-8-6-10-13(3,11-12)9-5-2/h12H,4-11H2,1-3H3. The van der Waals surface area contributed by atoms with E-state index in [1.807, 2.05) is 0 Å². The summed E-state index contributed by atoms with van der Waals surface area (Å²) in [5, 5.41) is 0. The Morgan fingerprint density at radius 3 is 2.62 bits per heavy atom. The van der Waals surface area contributed by atoms with Gasteiger partial charge in [0.15, 0.2) is 0 Å². The number of rotatable bonds is 4. The smallest absolute Gasteiger partial charge is 0.0323 e. The van der Waals surface area contributed by atoms with Gasteiger partial charge >= 0.3 is 0 Å². The zero-order valence-electron chi connectivity index (χ0n) is 9.73. The van der Waals surface area contributed by atoms with Crippen molar-refractivity contribution in [2.75, 3.05) is 0 Å². The first-order valence-corrected chi connectivity index (χ1v) is 6.20. The third-order valence-electron chi connectivity index (χ3n) is 3.72. The molecule has 13 heavy (non-hydrogen) atoms. The predicted octanol–water partition coefficient (Wildman–Crippen LogP) is 4.78. The Bertz CT molecular complexity index is 133. The molecule has 0 aromatic heterocycles. The molecule has 0 heteroatoms. The highest BCUT2D eigenvalue weighted by Gasteiger charge is 2.30. The quantitative estimate of drug-likeness (QED) is 0.587. The van der Waals surface area contributed by atoms with E-state index in [9.17, 15) is 0 Å². The van der Waals surface area contributed by atoms with Crippen LogP contribution in [0.3, 0.4) is 0 Å². The molecule has 1 fully saturated rings. The van der Waals surface area contributed by atoms with Crippen molar-refractivity contribution in [2.45, 2.75) is 72.1 Å². The van der Waals surface area contributed by atoms with E-state index in [2.05, 4.69) is 20.8 Å². The van der Waals surface area contributed by atoms with E-state index in [0.717, 1.165) is 5.92 Å². The fourth-order valence-corrected chi connectivity index (χ4v) is 3.20. The summed E-state index contributed by atoms with van der Waals surface area (Å²) in [7, 11) is 0. The normalized spacial score (nSPS) is 34.8. The molecule has 0 aromatic carbocycles.